The molecular formula is C20H23N3O2S. The van der Waals surface area contributed by atoms with Gasteiger partial charge in [0.25, 0.3) is 5.91 Å². The summed E-state index contributed by atoms with van der Waals surface area (Å²) in [5.41, 5.74) is 2.27. The lowest BCUT2D eigenvalue weighted by molar-refractivity contribution is 0.101. The standard InChI is InChI=1S/C20H23N3O2S/c1-20(2,3)12-6-7-13-14(10-21)19(26-17(13)8-12)22-18(24)15-9-16(25-23-15)11-4-5-11/h9,11-12H,4-8H2,1-3H3,(H,22,24)/t12-/m0/s1. The van der Waals surface area contributed by atoms with Crippen LogP contribution in [-0.2, 0) is 12.8 Å². The van der Waals surface area contributed by atoms with E-state index < -0.39 is 0 Å². The van der Waals surface area contributed by atoms with Crippen LogP contribution in [-0.4, -0.2) is 11.1 Å². The number of amides is 1. The number of nitrogens with zero attached hydrogens (tertiary/aromatic N) is 2. The molecule has 1 atom stereocenters. The molecule has 1 fully saturated rings. The third-order valence-corrected chi connectivity index (χ3v) is 6.74. The number of hydrogen-bond acceptors (Lipinski definition) is 5. The highest BCUT2D eigenvalue weighted by Crippen LogP contribution is 2.44. The van der Waals surface area contributed by atoms with Crippen LogP contribution in [0.5, 0.6) is 0 Å². The molecule has 0 saturated heterocycles. The first-order valence-corrected chi connectivity index (χ1v) is 10.0. The fraction of sp³-hybridized carbons (Fsp3) is 0.550. The average Bonchev–Trinajstić information content (AvgIpc) is 3.21. The van der Waals surface area contributed by atoms with E-state index in [2.05, 4.69) is 37.3 Å². The summed E-state index contributed by atoms with van der Waals surface area (Å²) in [7, 11) is 0. The quantitative estimate of drug-likeness (QED) is 0.835. The third kappa shape index (κ3) is 3.16. The zero-order valence-electron chi connectivity index (χ0n) is 15.4. The lowest BCUT2D eigenvalue weighted by Crippen LogP contribution is -2.26. The zero-order chi connectivity index (χ0) is 18.5. The minimum Gasteiger partial charge on any atom is -0.360 e. The molecule has 2 heterocycles. The van der Waals surface area contributed by atoms with Crippen LogP contribution in [0.25, 0.3) is 0 Å². The molecule has 5 nitrogen and oxygen atoms in total. The molecule has 4 rings (SSSR count). The van der Waals surface area contributed by atoms with Gasteiger partial charge in [-0.15, -0.1) is 11.3 Å². The molecule has 0 bridgehead atoms. The van der Waals surface area contributed by atoms with Crippen molar-refractivity contribution >= 4 is 22.2 Å². The number of thiophene rings is 1. The highest BCUT2D eigenvalue weighted by molar-refractivity contribution is 7.16. The highest BCUT2D eigenvalue weighted by Gasteiger charge is 2.33. The average molecular weight is 369 g/mol. The van der Waals surface area contributed by atoms with Crippen LogP contribution in [0.15, 0.2) is 10.6 Å². The van der Waals surface area contributed by atoms with Crippen LogP contribution in [0.3, 0.4) is 0 Å². The van der Waals surface area contributed by atoms with Crippen LogP contribution >= 0.6 is 11.3 Å². The largest absolute Gasteiger partial charge is 0.360 e. The molecule has 2 aromatic heterocycles. The van der Waals surface area contributed by atoms with Gasteiger partial charge in [-0.3, -0.25) is 4.79 Å². The van der Waals surface area contributed by atoms with Crippen molar-refractivity contribution in [2.24, 2.45) is 11.3 Å². The van der Waals surface area contributed by atoms with Gasteiger partial charge < -0.3 is 9.84 Å². The van der Waals surface area contributed by atoms with Gasteiger partial charge in [0.15, 0.2) is 5.69 Å². The van der Waals surface area contributed by atoms with E-state index in [-0.39, 0.29) is 17.0 Å². The molecule has 0 spiro atoms. The van der Waals surface area contributed by atoms with Crippen molar-refractivity contribution in [3.05, 3.63) is 33.5 Å². The Bertz CT molecular complexity index is 893. The number of fused-ring (bicyclic) bond motifs is 1. The molecule has 0 radical (unpaired) electrons. The van der Waals surface area contributed by atoms with E-state index in [1.54, 1.807) is 17.4 Å². The smallest absolute Gasteiger partial charge is 0.278 e. The number of anilines is 1. The lowest BCUT2D eigenvalue weighted by Gasteiger charge is -2.33. The van der Waals surface area contributed by atoms with Gasteiger partial charge in [-0.2, -0.15) is 5.26 Å². The van der Waals surface area contributed by atoms with Crippen LogP contribution < -0.4 is 5.32 Å². The Hall–Kier alpha value is -2.13. The number of hydrogen-bond donors (Lipinski definition) is 1. The van der Waals surface area contributed by atoms with Crippen molar-refractivity contribution in [2.45, 2.75) is 58.8 Å². The Labute approximate surface area is 157 Å². The molecule has 2 aliphatic carbocycles. The lowest BCUT2D eigenvalue weighted by atomic mass is 9.72. The molecule has 0 unspecified atom stereocenters. The van der Waals surface area contributed by atoms with E-state index in [1.807, 2.05) is 0 Å². The summed E-state index contributed by atoms with van der Waals surface area (Å²) < 4.78 is 5.26. The number of carbonyl (C=O) groups excluding carboxylic acids is 1. The fourth-order valence-electron chi connectivity index (χ4n) is 3.66. The Morgan fingerprint density at radius 2 is 2.15 bits per heavy atom. The van der Waals surface area contributed by atoms with Crippen molar-refractivity contribution in [1.29, 1.82) is 5.26 Å². The van der Waals surface area contributed by atoms with Gasteiger partial charge in [-0.1, -0.05) is 25.9 Å². The Balaban J connectivity index is 1.56. The van der Waals surface area contributed by atoms with Gasteiger partial charge >= 0.3 is 0 Å². The van der Waals surface area contributed by atoms with Crippen LogP contribution in [0.4, 0.5) is 5.00 Å². The second-order valence-electron chi connectivity index (χ2n) is 8.47. The molecule has 1 saturated carbocycles. The summed E-state index contributed by atoms with van der Waals surface area (Å²) in [4.78, 5) is 13.8. The monoisotopic (exact) mass is 369 g/mol. The SMILES string of the molecule is CC(C)(C)[C@H]1CCc2c(sc(NC(=O)c3cc(C4CC4)on3)c2C#N)C1. The zero-order valence-corrected chi connectivity index (χ0v) is 16.2. The van der Waals surface area contributed by atoms with Crippen molar-refractivity contribution in [3.63, 3.8) is 0 Å². The minimum absolute atomic E-state index is 0.248. The number of rotatable bonds is 3. The Kier molecular flexibility index (Phi) is 4.15. The Morgan fingerprint density at radius 3 is 2.81 bits per heavy atom. The third-order valence-electron chi connectivity index (χ3n) is 5.57. The van der Waals surface area contributed by atoms with E-state index in [0.29, 0.717) is 22.4 Å². The van der Waals surface area contributed by atoms with Gasteiger partial charge in [-0.05, 0) is 49.0 Å². The predicted molar refractivity (Wildman–Crippen MR) is 100 cm³/mol. The van der Waals surface area contributed by atoms with Gasteiger partial charge in [-0.25, -0.2) is 0 Å². The maximum Gasteiger partial charge on any atom is 0.278 e. The van der Waals surface area contributed by atoms with Crippen LogP contribution in [0.1, 0.15) is 78.2 Å². The van der Waals surface area contributed by atoms with Gasteiger partial charge in [0, 0.05) is 16.9 Å². The van der Waals surface area contributed by atoms with E-state index in [0.717, 1.165) is 43.4 Å². The maximum atomic E-state index is 12.5. The van der Waals surface area contributed by atoms with E-state index in [9.17, 15) is 10.1 Å². The second kappa shape index (κ2) is 6.24. The first-order chi connectivity index (χ1) is 12.4. The minimum atomic E-state index is -0.303. The molecular weight excluding hydrogens is 346 g/mol. The molecule has 2 aromatic rings. The summed E-state index contributed by atoms with van der Waals surface area (Å²) in [6.07, 6.45) is 5.17. The number of nitriles is 1. The van der Waals surface area contributed by atoms with E-state index in [4.69, 9.17) is 4.52 Å². The summed E-state index contributed by atoms with van der Waals surface area (Å²) in [6.45, 7) is 6.81. The van der Waals surface area contributed by atoms with Crippen molar-refractivity contribution in [3.8, 4) is 6.07 Å². The molecule has 1 N–H and O–H groups in total. The number of nitrogens with one attached hydrogen (secondary N) is 1. The van der Waals surface area contributed by atoms with E-state index >= 15 is 0 Å². The first-order valence-electron chi connectivity index (χ1n) is 9.19. The summed E-state index contributed by atoms with van der Waals surface area (Å²) in [5, 5.41) is 17.1. The second-order valence-corrected chi connectivity index (χ2v) is 9.57. The van der Waals surface area contributed by atoms with Crippen molar-refractivity contribution < 1.29 is 9.32 Å². The Morgan fingerprint density at radius 1 is 1.38 bits per heavy atom. The fourth-order valence-corrected chi connectivity index (χ4v) is 4.93. The first kappa shape index (κ1) is 17.3. The summed E-state index contributed by atoms with van der Waals surface area (Å²) in [6, 6.07) is 4.02. The molecule has 1 amide bonds. The summed E-state index contributed by atoms with van der Waals surface area (Å²) >= 11 is 1.54. The molecule has 2 aliphatic rings. The van der Waals surface area contributed by atoms with Crippen LogP contribution in [0.2, 0.25) is 0 Å². The van der Waals surface area contributed by atoms with Gasteiger partial charge in [0.1, 0.15) is 16.8 Å². The van der Waals surface area contributed by atoms with Crippen LogP contribution in [0, 0.1) is 22.7 Å². The topological polar surface area (TPSA) is 78.9 Å². The van der Waals surface area contributed by atoms with Crippen molar-refractivity contribution in [1.82, 2.24) is 5.16 Å². The maximum absolute atomic E-state index is 12.5. The molecule has 136 valence electrons. The molecule has 26 heavy (non-hydrogen) atoms. The van der Waals surface area contributed by atoms with Crippen molar-refractivity contribution in [2.75, 3.05) is 5.32 Å². The van der Waals surface area contributed by atoms with Gasteiger partial charge in [0.05, 0.1) is 5.56 Å². The normalized spacial score (nSPS) is 19.7. The number of carbonyl (C=O) groups is 1. The van der Waals surface area contributed by atoms with E-state index in [1.165, 1.54) is 4.88 Å². The molecule has 6 heteroatoms. The molecule has 0 aromatic carbocycles. The molecule has 0 aliphatic heterocycles. The summed E-state index contributed by atoms with van der Waals surface area (Å²) in [5.74, 6) is 1.50. The predicted octanol–water partition coefficient (Wildman–Crippen LogP) is 4.89. The highest BCUT2D eigenvalue weighted by atomic mass is 32.1. The number of aromatic nitrogens is 1. The van der Waals surface area contributed by atoms with Gasteiger partial charge in [0.2, 0.25) is 0 Å².